The maximum atomic E-state index is 13.3. The molecular formula is C23H26N6O3S. The topological polar surface area (TPSA) is 108 Å². The number of rotatable bonds is 6. The molecule has 10 heteroatoms. The van der Waals surface area contributed by atoms with E-state index in [-0.39, 0.29) is 18.0 Å². The normalized spacial score (nSPS) is 17.5. The second kappa shape index (κ2) is 8.60. The highest BCUT2D eigenvalue weighted by atomic mass is 32.1. The number of pyridine rings is 2. The molecule has 9 nitrogen and oxygen atoms in total. The summed E-state index contributed by atoms with van der Waals surface area (Å²) >= 11 is 1.29. The minimum atomic E-state index is -0.342. The fourth-order valence-corrected chi connectivity index (χ4v) is 5.12. The van der Waals surface area contributed by atoms with E-state index >= 15 is 0 Å². The molecule has 5 rings (SSSR count). The molecule has 5 heterocycles. The Morgan fingerprint density at radius 2 is 2.21 bits per heavy atom. The number of carbonyl (C=O) groups is 2. The van der Waals surface area contributed by atoms with Gasteiger partial charge in [-0.2, -0.15) is 0 Å². The van der Waals surface area contributed by atoms with Crippen molar-refractivity contribution in [3.8, 4) is 5.88 Å². The Bertz CT molecular complexity index is 1230. The zero-order valence-corrected chi connectivity index (χ0v) is 19.6. The second-order valence-electron chi connectivity index (χ2n) is 8.76. The van der Waals surface area contributed by atoms with Gasteiger partial charge in [0, 0.05) is 24.8 Å². The highest BCUT2D eigenvalue weighted by Gasteiger charge is 2.34. The van der Waals surface area contributed by atoms with Crippen molar-refractivity contribution >= 4 is 50.6 Å². The van der Waals surface area contributed by atoms with Crippen molar-refractivity contribution in [3.05, 3.63) is 35.0 Å². The standard InChI is InChI=1S/C23H26N6O3S/c1-12(2)11-32-17-8-13(3)16(10-26-17)29-15-5-7-25-22-18(15)19(28-23(29)31)20(33-22)21(30)27-14-4-6-24-9-14/h5,7-8,10,12,14,24H,4,6,9,11H2,1-3H3,(H,27,30)(H,28,31)/t14-/m1/s1. The SMILES string of the molecule is Cc1cc(OCC(C)C)ncc1N1C(=O)Nc2c(C(=O)N[C@@H]3CCNC3)sc3nccc1c23. The van der Waals surface area contributed by atoms with E-state index in [0.717, 1.165) is 30.5 Å². The minimum Gasteiger partial charge on any atom is -0.477 e. The fourth-order valence-electron chi connectivity index (χ4n) is 4.10. The van der Waals surface area contributed by atoms with Crippen LogP contribution in [0.1, 0.15) is 35.5 Å². The van der Waals surface area contributed by atoms with E-state index in [1.54, 1.807) is 23.4 Å². The molecule has 1 fully saturated rings. The van der Waals surface area contributed by atoms with Crippen LogP contribution in [0.4, 0.5) is 21.9 Å². The molecule has 0 unspecified atom stereocenters. The van der Waals surface area contributed by atoms with Crippen LogP contribution in [0.5, 0.6) is 5.88 Å². The van der Waals surface area contributed by atoms with Gasteiger partial charge in [-0.1, -0.05) is 13.8 Å². The molecule has 3 aromatic heterocycles. The lowest BCUT2D eigenvalue weighted by atomic mass is 10.1. The molecule has 172 valence electrons. The number of nitrogens with one attached hydrogen (secondary N) is 3. The Kier molecular flexibility index (Phi) is 5.63. The van der Waals surface area contributed by atoms with E-state index in [9.17, 15) is 9.59 Å². The number of hydrogen-bond donors (Lipinski definition) is 3. The average molecular weight is 467 g/mol. The Hall–Kier alpha value is -3.24. The Labute approximate surface area is 195 Å². The quantitative estimate of drug-likeness (QED) is 0.510. The number of hydrogen-bond acceptors (Lipinski definition) is 7. The first kappa shape index (κ1) is 21.6. The van der Waals surface area contributed by atoms with Gasteiger partial charge in [0.15, 0.2) is 0 Å². The number of amides is 3. The third-order valence-corrected chi connectivity index (χ3v) is 6.81. The summed E-state index contributed by atoms with van der Waals surface area (Å²) in [6.45, 7) is 8.27. The smallest absolute Gasteiger partial charge is 0.331 e. The monoisotopic (exact) mass is 466 g/mol. The van der Waals surface area contributed by atoms with Crippen LogP contribution < -0.4 is 25.6 Å². The van der Waals surface area contributed by atoms with E-state index in [4.69, 9.17) is 4.74 Å². The summed E-state index contributed by atoms with van der Waals surface area (Å²) < 4.78 is 5.73. The molecule has 0 bridgehead atoms. The van der Waals surface area contributed by atoms with Crippen molar-refractivity contribution in [3.63, 3.8) is 0 Å². The molecule has 0 aliphatic carbocycles. The maximum absolute atomic E-state index is 13.3. The number of urea groups is 1. The molecule has 3 aromatic rings. The Morgan fingerprint density at radius 1 is 1.36 bits per heavy atom. The van der Waals surface area contributed by atoms with Crippen molar-refractivity contribution in [2.45, 2.75) is 33.2 Å². The van der Waals surface area contributed by atoms with Crippen LogP contribution in [0.25, 0.3) is 10.2 Å². The fraction of sp³-hybridized carbons (Fsp3) is 0.391. The minimum absolute atomic E-state index is 0.0864. The predicted octanol–water partition coefficient (Wildman–Crippen LogP) is 3.81. The summed E-state index contributed by atoms with van der Waals surface area (Å²) in [5, 5.41) is 9.99. The molecule has 3 N–H and O–H groups in total. The third-order valence-electron chi connectivity index (χ3n) is 5.71. The van der Waals surface area contributed by atoms with Crippen LogP contribution in [-0.2, 0) is 0 Å². The molecule has 3 amide bonds. The number of nitrogens with zero attached hydrogens (tertiary/aromatic N) is 3. The van der Waals surface area contributed by atoms with E-state index in [1.807, 2.05) is 13.0 Å². The van der Waals surface area contributed by atoms with Gasteiger partial charge in [0.25, 0.3) is 5.91 Å². The summed E-state index contributed by atoms with van der Waals surface area (Å²) in [6.07, 6.45) is 4.20. The first-order chi connectivity index (χ1) is 15.9. The van der Waals surface area contributed by atoms with Crippen molar-refractivity contribution in [2.24, 2.45) is 5.92 Å². The molecule has 1 atom stereocenters. The van der Waals surface area contributed by atoms with Gasteiger partial charge in [0.2, 0.25) is 5.88 Å². The molecule has 0 radical (unpaired) electrons. The van der Waals surface area contributed by atoms with Crippen molar-refractivity contribution in [1.29, 1.82) is 0 Å². The van der Waals surface area contributed by atoms with Crippen molar-refractivity contribution < 1.29 is 14.3 Å². The average Bonchev–Trinajstić information content (AvgIpc) is 3.42. The van der Waals surface area contributed by atoms with E-state index < -0.39 is 0 Å². The van der Waals surface area contributed by atoms with Gasteiger partial charge >= 0.3 is 6.03 Å². The van der Waals surface area contributed by atoms with Gasteiger partial charge in [-0.3, -0.25) is 9.69 Å². The molecule has 0 aromatic carbocycles. The maximum Gasteiger partial charge on any atom is 0.331 e. The summed E-state index contributed by atoms with van der Waals surface area (Å²) in [5.74, 6) is 0.725. The molecule has 2 aliphatic rings. The van der Waals surface area contributed by atoms with E-state index in [0.29, 0.717) is 45.2 Å². The number of carbonyl (C=O) groups excluding carboxylic acids is 2. The predicted molar refractivity (Wildman–Crippen MR) is 129 cm³/mol. The summed E-state index contributed by atoms with van der Waals surface area (Å²) in [5.41, 5.74) is 2.70. The van der Waals surface area contributed by atoms with Gasteiger partial charge in [0.05, 0.1) is 35.3 Å². The highest BCUT2D eigenvalue weighted by molar-refractivity contribution is 7.21. The zero-order chi connectivity index (χ0) is 23.1. The summed E-state index contributed by atoms with van der Waals surface area (Å²) in [6, 6.07) is 3.37. The van der Waals surface area contributed by atoms with Gasteiger partial charge in [-0.15, -0.1) is 11.3 Å². The van der Waals surface area contributed by atoms with Gasteiger partial charge in [-0.25, -0.2) is 14.8 Å². The van der Waals surface area contributed by atoms with Crippen LogP contribution in [0, 0.1) is 12.8 Å². The second-order valence-corrected chi connectivity index (χ2v) is 9.76. The van der Waals surface area contributed by atoms with E-state index in [1.165, 1.54) is 11.3 Å². The van der Waals surface area contributed by atoms with Gasteiger partial charge < -0.3 is 20.7 Å². The highest BCUT2D eigenvalue weighted by Crippen LogP contribution is 2.46. The molecule has 0 saturated carbocycles. The number of ether oxygens (including phenoxy) is 1. The van der Waals surface area contributed by atoms with Crippen LogP contribution in [0.15, 0.2) is 24.5 Å². The molecular weight excluding hydrogens is 440 g/mol. The van der Waals surface area contributed by atoms with Gasteiger partial charge in [0.1, 0.15) is 9.71 Å². The third kappa shape index (κ3) is 4.00. The number of thiophene rings is 1. The lowest BCUT2D eigenvalue weighted by Gasteiger charge is -2.29. The molecule has 2 aliphatic heterocycles. The van der Waals surface area contributed by atoms with Crippen LogP contribution >= 0.6 is 11.3 Å². The number of aromatic nitrogens is 2. The van der Waals surface area contributed by atoms with E-state index in [2.05, 4.69) is 39.8 Å². The largest absolute Gasteiger partial charge is 0.477 e. The summed E-state index contributed by atoms with van der Waals surface area (Å²) in [7, 11) is 0. The number of anilines is 3. The lowest BCUT2D eigenvalue weighted by Crippen LogP contribution is -2.37. The molecule has 33 heavy (non-hydrogen) atoms. The van der Waals surface area contributed by atoms with Crippen LogP contribution in [0.2, 0.25) is 0 Å². The lowest BCUT2D eigenvalue weighted by molar-refractivity contribution is 0.0945. The van der Waals surface area contributed by atoms with Crippen molar-refractivity contribution in [1.82, 2.24) is 20.6 Å². The van der Waals surface area contributed by atoms with Crippen molar-refractivity contribution in [2.75, 3.05) is 29.9 Å². The Morgan fingerprint density at radius 3 is 2.94 bits per heavy atom. The Balaban J connectivity index is 1.51. The zero-order valence-electron chi connectivity index (χ0n) is 18.8. The van der Waals surface area contributed by atoms with Crippen LogP contribution in [-0.4, -0.2) is 47.6 Å². The first-order valence-electron chi connectivity index (χ1n) is 11.1. The summed E-state index contributed by atoms with van der Waals surface area (Å²) in [4.78, 5) is 37.9. The van der Waals surface area contributed by atoms with Crippen LogP contribution in [0.3, 0.4) is 0 Å². The molecule has 1 saturated heterocycles. The number of aryl methyl sites for hydroxylation is 1. The van der Waals surface area contributed by atoms with Gasteiger partial charge in [-0.05, 0) is 37.4 Å². The molecule has 0 spiro atoms. The first-order valence-corrected chi connectivity index (χ1v) is 11.9.